The van der Waals surface area contributed by atoms with Gasteiger partial charge in [-0.05, 0) is 13.3 Å². The second kappa shape index (κ2) is 11.4. The van der Waals surface area contributed by atoms with Crippen LogP contribution in [-0.2, 0) is 31.1 Å². The Labute approximate surface area is 260 Å². The number of nitrogens with two attached hydrogens (primary N) is 1. The molecule has 0 bridgehead atoms. The van der Waals surface area contributed by atoms with E-state index in [1.807, 2.05) is 0 Å². The van der Waals surface area contributed by atoms with Crippen LogP contribution in [0.5, 0.6) is 0 Å². The Balaban J connectivity index is 1.53. The number of nitrogens with one attached hydrogen (secondary N) is 2. The van der Waals surface area contributed by atoms with E-state index in [9.17, 15) is 29.4 Å². The van der Waals surface area contributed by atoms with Gasteiger partial charge in [0.1, 0.15) is 28.2 Å². The molecule has 20 heteroatoms. The van der Waals surface area contributed by atoms with Crippen molar-refractivity contribution in [1.29, 1.82) is 5.41 Å². The molecule has 0 saturated carbocycles. The van der Waals surface area contributed by atoms with Gasteiger partial charge in [-0.25, -0.2) is 19.6 Å². The van der Waals surface area contributed by atoms with Crippen LogP contribution in [-0.4, -0.2) is 96.9 Å². The van der Waals surface area contributed by atoms with Crippen molar-refractivity contribution in [3.63, 3.8) is 0 Å². The first-order valence-corrected chi connectivity index (χ1v) is 15.1. The molecule has 0 aliphatic carbocycles. The first-order chi connectivity index (χ1) is 20.8. The van der Waals surface area contributed by atoms with Crippen LogP contribution >= 0.6 is 35.3 Å². The lowest BCUT2D eigenvalue weighted by atomic mass is 9.87. The number of carboxylic acids is 2. The summed E-state index contributed by atoms with van der Waals surface area (Å²) in [6, 6.07) is 1.47. The summed E-state index contributed by atoms with van der Waals surface area (Å²) in [6.45, 7) is 3.29. The first-order valence-electron chi connectivity index (χ1n) is 12.7. The maximum Gasteiger partial charge on any atom is 0.353 e. The fourth-order valence-corrected chi connectivity index (χ4v) is 7.01. The molecule has 1 unspecified atom stereocenters. The third-order valence-electron chi connectivity index (χ3n) is 6.97. The number of oxime groups is 1. The molecule has 5 rings (SSSR count). The Morgan fingerprint density at radius 1 is 1.39 bits per heavy atom. The summed E-state index contributed by atoms with van der Waals surface area (Å²) in [7, 11) is 1.74. The summed E-state index contributed by atoms with van der Waals surface area (Å²) in [5.74, 6) is -3.91. The lowest BCUT2D eigenvalue weighted by Gasteiger charge is -2.55. The lowest BCUT2D eigenvalue weighted by molar-refractivity contribution is -0.153. The molecule has 0 spiro atoms. The van der Waals surface area contributed by atoms with Gasteiger partial charge in [-0.3, -0.25) is 19.9 Å². The molecule has 0 radical (unpaired) electrons. The molecule has 1 fully saturated rings. The third-order valence-corrected chi connectivity index (χ3v) is 9.37. The highest BCUT2D eigenvalue weighted by atomic mass is 32.2. The van der Waals surface area contributed by atoms with E-state index < -0.39 is 52.2 Å². The molecule has 3 atom stereocenters. The van der Waals surface area contributed by atoms with Crippen molar-refractivity contribution in [2.24, 2.45) is 12.2 Å². The zero-order valence-electron chi connectivity index (χ0n) is 23.2. The molecule has 2 amide bonds. The third kappa shape index (κ3) is 4.89. The molecule has 2 aliphatic rings. The molecule has 2 aliphatic heterocycles. The zero-order chi connectivity index (χ0) is 32.1. The number of nitrogens with zero attached hydrogens (tertiary/aromatic N) is 7. The number of aromatic nitrogens is 5. The number of nitrogen functional groups attached to an aromatic ring is 1. The molecule has 230 valence electrons. The van der Waals surface area contributed by atoms with E-state index in [-0.39, 0.29) is 39.9 Å². The van der Waals surface area contributed by atoms with Crippen LogP contribution < -0.4 is 16.5 Å². The summed E-state index contributed by atoms with van der Waals surface area (Å²) < 4.78 is 3.12. The van der Waals surface area contributed by atoms with Crippen LogP contribution in [0.15, 0.2) is 22.3 Å². The summed E-state index contributed by atoms with van der Waals surface area (Å²) in [5.41, 5.74) is 3.48. The normalized spacial score (nSPS) is 20.6. The minimum atomic E-state index is -1.85. The standard InChI is InChI=1S/C24H24N10O7S3/c1-4-12(19(36)37)41-31-15(11-7-44-23(26)27-11)18(35)29-24(8-42)21(40)33-16(20(38)39)10(6-43-22(24)33)17-28-13(25)5-14-32(3)9(2)30-34(14)17/h5,7-8,12,22,25H,4,6H2,1-3H3,(H2,26,27)(H,29,35)(H,36,37)(H,38,39)/b25-13?,31-15-/t12-,22+,24?/m1/s1. The van der Waals surface area contributed by atoms with Gasteiger partial charge in [0.15, 0.2) is 27.7 Å². The molecule has 0 aromatic carbocycles. The number of rotatable bonds is 10. The van der Waals surface area contributed by atoms with Crippen LogP contribution in [0.2, 0.25) is 0 Å². The van der Waals surface area contributed by atoms with Gasteiger partial charge in [-0.2, -0.15) is 9.61 Å². The number of fused-ring (bicyclic) bond motifs is 2. The van der Waals surface area contributed by atoms with Gasteiger partial charge in [-0.15, -0.1) is 23.1 Å². The fourth-order valence-electron chi connectivity index (χ4n) is 4.66. The number of carboxylic acid groups (broad SMARTS) is 2. The van der Waals surface area contributed by atoms with E-state index in [4.69, 9.17) is 28.2 Å². The predicted octanol–water partition coefficient (Wildman–Crippen LogP) is -0.256. The second-order valence-corrected chi connectivity index (χ2v) is 11.8. The average Bonchev–Trinajstić information content (AvgIpc) is 3.54. The van der Waals surface area contributed by atoms with Crippen molar-refractivity contribution < 1.29 is 34.2 Å². The number of thiazole rings is 1. The second-order valence-electron chi connectivity index (χ2n) is 9.60. The molecule has 5 heterocycles. The van der Waals surface area contributed by atoms with Crippen LogP contribution in [0.1, 0.15) is 30.7 Å². The van der Waals surface area contributed by atoms with Crippen molar-refractivity contribution in [2.75, 3.05) is 11.5 Å². The predicted molar refractivity (Wildman–Crippen MR) is 161 cm³/mol. The molecular formula is C24H24N10O7S3. The highest BCUT2D eigenvalue weighted by Crippen LogP contribution is 2.47. The van der Waals surface area contributed by atoms with Gasteiger partial charge >= 0.3 is 11.9 Å². The molecule has 1 saturated heterocycles. The number of thiocarbonyl (C=S) groups is 1. The lowest BCUT2D eigenvalue weighted by Crippen LogP contribution is -2.80. The van der Waals surface area contributed by atoms with Gasteiger partial charge in [0.2, 0.25) is 6.10 Å². The van der Waals surface area contributed by atoms with E-state index in [0.29, 0.717) is 11.5 Å². The van der Waals surface area contributed by atoms with E-state index in [2.05, 4.69) is 25.5 Å². The van der Waals surface area contributed by atoms with Gasteiger partial charge < -0.3 is 30.7 Å². The maximum atomic E-state index is 13.8. The molecule has 6 N–H and O–H groups in total. The molecule has 3 aromatic heterocycles. The smallest absolute Gasteiger partial charge is 0.353 e. The van der Waals surface area contributed by atoms with Gasteiger partial charge in [-0.1, -0.05) is 24.3 Å². The summed E-state index contributed by atoms with van der Waals surface area (Å²) in [4.78, 5) is 65.7. The number of aryl methyl sites for hydroxylation is 2. The van der Waals surface area contributed by atoms with E-state index in [0.717, 1.165) is 33.4 Å². The highest BCUT2D eigenvalue weighted by molar-refractivity contribution is 8.00. The van der Waals surface area contributed by atoms with Crippen molar-refractivity contribution >= 4 is 86.5 Å². The number of thioether (sulfide) groups is 1. The Hall–Kier alpha value is -4.69. The van der Waals surface area contributed by atoms with Crippen molar-refractivity contribution in [3.8, 4) is 0 Å². The number of hydrogen-bond donors (Lipinski definition) is 5. The van der Waals surface area contributed by atoms with E-state index >= 15 is 0 Å². The number of β-lactam (4-membered cyclic amide) rings is 1. The molecule has 17 nitrogen and oxygen atoms in total. The minimum Gasteiger partial charge on any atom is -0.478 e. The Morgan fingerprint density at radius 3 is 2.70 bits per heavy atom. The number of aliphatic carboxylic acids is 2. The van der Waals surface area contributed by atoms with Crippen LogP contribution in [0, 0.1) is 12.3 Å². The first kappa shape index (κ1) is 30.8. The SMILES string of the molecule is CC[C@@H](O/N=C(\C(=O)NC1(C=S)C(=O)N2C(C(=O)O)=C(c3nc(=N)cc4n(C)c(C)nn34)CS[C@H]21)c1csc(N)n1)C(=O)O. The Kier molecular flexibility index (Phi) is 7.99. The topological polar surface area (TPSA) is 243 Å². The van der Waals surface area contributed by atoms with Crippen LogP contribution in [0.3, 0.4) is 0 Å². The number of hydrogen-bond acceptors (Lipinski definition) is 14. The number of anilines is 1. The number of carbonyl (C=O) groups is 4. The van der Waals surface area contributed by atoms with Gasteiger partial charge in [0.25, 0.3) is 11.8 Å². The Morgan fingerprint density at radius 2 is 2.11 bits per heavy atom. The summed E-state index contributed by atoms with van der Waals surface area (Å²) in [6.07, 6.45) is -1.33. The van der Waals surface area contributed by atoms with Crippen molar-refractivity contribution in [3.05, 3.63) is 40.0 Å². The maximum absolute atomic E-state index is 13.8. The van der Waals surface area contributed by atoms with Crippen LogP contribution in [0.4, 0.5) is 5.13 Å². The average molecular weight is 661 g/mol. The molecule has 44 heavy (non-hydrogen) atoms. The van der Waals surface area contributed by atoms with Crippen LogP contribution in [0.25, 0.3) is 11.2 Å². The van der Waals surface area contributed by atoms with E-state index in [1.165, 1.54) is 16.0 Å². The Bertz CT molecular complexity index is 1880. The summed E-state index contributed by atoms with van der Waals surface area (Å²) >= 11 is 7.30. The largest absolute Gasteiger partial charge is 0.478 e. The van der Waals surface area contributed by atoms with Gasteiger partial charge in [0, 0.05) is 35.2 Å². The quantitative estimate of drug-likeness (QED) is 0.0816. The van der Waals surface area contributed by atoms with E-state index in [1.54, 1.807) is 25.5 Å². The highest BCUT2D eigenvalue weighted by Gasteiger charge is 2.65. The molecule has 3 aromatic rings. The minimum absolute atomic E-state index is 0.00845. The number of carbonyl (C=O) groups excluding carboxylic acids is 2. The van der Waals surface area contributed by atoms with Crippen molar-refractivity contribution in [1.82, 2.24) is 34.4 Å². The molecular weight excluding hydrogens is 637 g/mol. The fraction of sp³-hybridized carbons (Fsp3) is 0.333. The summed E-state index contributed by atoms with van der Waals surface area (Å²) in [5, 5.41) is 40.0. The number of amides is 2. The monoisotopic (exact) mass is 660 g/mol. The zero-order valence-corrected chi connectivity index (χ0v) is 25.6. The van der Waals surface area contributed by atoms with Crippen molar-refractivity contribution in [2.45, 2.75) is 37.3 Å². The van der Waals surface area contributed by atoms with Gasteiger partial charge in [0.05, 0.1) is 0 Å².